The molecule has 0 N–H and O–H groups in total. The van der Waals surface area contributed by atoms with Crippen LogP contribution in [0.15, 0.2) is 46.2 Å². The van der Waals surface area contributed by atoms with Crippen LogP contribution in [-0.2, 0) is 4.74 Å². The predicted octanol–water partition coefficient (Wildman–Crippen LogP) is 4.09. The molecule has 164 valence electrons. The number of hydrogen-bond donors (Lipinski definition) is 0. The van der Waals surface area contributed by atoms with Crippen molar-refractivity contribution in [2.45, 2.75) is 13.3 Å². The molecule has 1 saturated heterocycles. The summed E-state index contributed by atoms with van der Waals surface area (Å²) in [5, 5.41) is 2.65. The monoisotopic (exact) mass is 441 g/mol. The third kappa shape index (κ3) is 5.33. The minimum atomic E-state index is -0.161. The van der Waals surface area contributed by atoms with Crippen LogP contribution in [0, 0.1) is 6.92 Å². The highest BCUT2D eigenvalue weighted by molar-refractivity contribution is 7.14. The molecule has 2 aromatic heterocycles. The molecule has 3 heterocycles. The largest absolute Gasteiger partial charge is 0.497 e. The quantitative estimate of drug-likeness (QED) is 0.525. The summed E-state index contributed by atoms with van der Waals surface area (Å²) in [6, 6.07) is 11.3. The first-order valence-electron chi connectivity index (χ1n) is 10.4. The van der Waals surface area contributed by atoms with E-state index in [1.807, 2.05) is 42.6 Å². The predicted molar refractivity (Wildman–Crippen MR) is 121 cm³/mol. The van der Waals surface area contributed by atoms with Gasteiger partial charge in [-0.3, -0.25) is 14.6 Å². The molecule has 1 amide bonds. The number of aryl methyl sites for hydroxylation is 1. The van der Waals surface area contributed by atoms with E-state index in [0.29, 0.717) is 17.4 Å². The van der Waals surface area contributed by atoms with Gasteiger partial charge in [-0.25, -0.2) is 4.98 Å². The number of ether oxygens (including phenoxy) is 2. The van der Waals surface area contributed by atoms with Crippen molar-refractivity contribution in [3.8, 4) is 17.0 Å². The number of furan rings is 1. The van der Waals surface area contributed by atoms with E-state index in [0.717, 1.165) is 62.0 Å². The van der Waals surface area contributed by atoms with Crippen molar-refractivity contribution in [3.63, 3.8) is 0 Å². The number of morpholine rings is 1. The number of hydrogen-bond acceptors (Lipinski definition) is 7. The van der Waals surface area contributed by atoms with Crippen LogP contribution in [0.5, 0.6) is 5.75 Å². The van der Waals surface area contributed by atoms with Crippen molar-refractivity contribution in [1.82, 2.24) is 9.88 Å². The van der Waals surface area contributed by atoms with E-state index in [1.165, 1.54) is 11.3 Å². The van der Waals surface area contributed by atoms with Crippen LogP contribution in [0.25, 0.3) is 11.3 Å². The van der Waals surface area contributed by atoms with E-state index in [-0.39, 0.29) is 5.91 Å². The Labute approximate surface area is 186 Å². The standard InChI is InChI=1S/C23H27N3O4S/c1-17-4-9-21(30-17)22(27)26(11-3-10-25-12-14-29-15-13-25)23-24-20(16-31-23)18-5-7-19(28-2)8-6-18/h4-9,16H,3,10-15H2,1-2H3. The summed E-state index contributed by atoms with van der Waals surface area (Å²) in [7, 11) is 1.65. The Bertz CT molecular complexity index is 992. The molecular weight excluding hydrogens is 414 g/mol. The molecule has 1 aromatic carbocycles. The molecule has 0 spiro atoms. The minimum Gasteiger partial charge on any atom is -0.497 e. The Morgan fingerprint density at radius 3 is 2.65 bits per heavy atom. The maximum absolute atomic E-state index is 13.2. The second-order valence-electron chi connectivity index (χ2n) is 7.42. The highest BCUT2D eigenvalue weighted by Crippen LogP contribution is 2.30. The lowest BCUT2D eigenvalue weighted by Crippen LogP contribution is -2.39. The third-order valence-electron chi connectivity index (χ3n) is 5.26. The van der Waals surface area contributed by atoms with E-state index in [1.54, 1.807) is 18.1 Å². The smallest absolute Gasteiger partial charge is 0.295 e. The molecule has 7 nitrogen and oxygen atoms in total. The Morgan fingerprint density at radius 2 is 1.97 bits per heavy atom. The summed E-state index contributed by atoms with van der Waals surface area (Å²) in [5.74, 6) is 1.69. The molecule has 0 unspecified atom stereocenters. The van der Waals surface area contributed by atoms with Crippen molar-refractivity contribution in [2.24, 2.45) is 0 Å². The number of carbonyl (C=O) groups is 1. The molecule has 0 saturated carbocycles. The Hall–Kier alpha value is -2.68. The summed E-state index contributed by atoms with van der Waals surface area (Å²) in [4.78, 5) is 22.1. The van der Waals surface area contributed by atoms with Gasteiger partial charge in [-0.1, -0.05) is 0 Å². The maximum atomic E-state index is 13.2. The fourth-order valence-corrected chi connectivity index (χ4v) is 4.38. The zero-order valence-electron chi connectivity index (χ0n) is 17.9. The fraction of sp³-hybridized carbons (Fsp3) is 0.391. The number of benzene rings is 1. The lowest BCUT2D eigenvalue weighted by molar-refractivity contribution is 0.0376. The van der Waals surface area contributed by atoms with Gasteiger partial charge in [0.05, 0.1) is 26.0 Å². The molecule has 31 heavy (non-hydrogen) atoms. The Morgan fingerprint density at radius 1 is 1.19 bits per heavy atom. The van der Waals surface area contributed by atoms with Crippen LogP contribution in [0.4, 0.5) is 5.13 Å². The van der Waals surface area contributed by atoms with Gasteiger partial charge < -0.3 is 13.9 Å². The molecule has 0 radical (unpaired) electrons. The number of methoxy groups -OCH3 is 1. The normalized spacial score (nSPS) is 14.5. The first-order valence-corrected chi connectivity index (χ1v) is 11.3. The van der Waals surface area contributed by atoms with Crippen molar-refractivity contribution in [2.75, 3.05) is 51.4 Å². The second kappa shape index (κ2) is 10.1. The fourth-order valence-electron chi connectivity index (χ4n) is 3.53. The summed E-state index contributed by atoms with van der Waals surface area (Å²) < 4.78 is 16.3. The van der Waals surface area contributed by atoms with Gasteiger partial charge in [0.2, 0.25) is 0 Å². The average Bonchev–Trinajstić information content (AvgIpc) is 3.47. The Kier molecular flexibility index (Phi) is 7.01. The summed E-state index contributed by atoms with van der Waals surface area (Å²) in [6.07, 6.45) is 0.850. The first-order chi connectivity index (χ1) is 15.1. The van der Waals surface area contributed by atoms with E-state index < -0.39 is 0 Å². The number of rotatable bonds is 8. The van der Waals surface area contributed by atoms with Gasteiger partial charge in [-0.05, 0) is 49.7 Å². The topological polar surface area (TPSA) is 68.0 Å². The molecular formula is C23H27N3O4S. The highest BCUT2D eigenvalue weighted by atomic mass is 32.1. The number of thiazole rings is 1. The van der Waals surface area contributed by atoms with E-state index in [4.69, 9.17) is 18.9 Å². The third-order valence-corrected chi connectivity index (χ3v) is 6.13. The SMILES string of the molecule is COc1ccc(-c2csc(N(CCCN3CCOCC3)C(=O)c3ccc(C)o3)n2)cc1. The lowest BCUT2D eigenvalue weighted by atomic mass is 10.2. The minimum absolute atomic E-state index is 0.161. The molecule has 1 aliphatic heterocycles. The van der Waals surface area contributed by atoms with Gasteiger partial charge in [-0.15, -0.1) is 11.3 Å². The number of carbonyl (C=O) groups excluding carboxylic acids is 1. The zero-order valence-corrected chi connectivity index (χ0v) is 18.7. The number of amides is 1. The molecule has 0 bridgehead atoms. The molecule has 4 rings (SSSR count). The highest BCUT2D eigenvalue weighted by Gasteiger charge is 2.24. The first kappa shape index (κ1) is 21.5. The second-order valence-corrected chi connectivity index (χ2v) is 8.26. The van der Waals surface area contributed by atoms with Gasteiger partial charge in [0, 0.05) is 37.1 Å². The van der Waals surface area contributed by atoms with Crippen LogP contribution >= 0.6 is 11.3 Å². The summed E-state index contributed by atoms with van der Waals surface area (Å²) >= 11 is 1.47. The van der Waals surface area contributed by atoms with Crippen LogP contribution in [0.2, 0.25) is 0 Å². The number of anilines is 1. The number of aromatic nitrogens is 1. The Balaban J connectivity index is 1.51. The molecule has 0 atom stereocenters. The van der Waals surface area contributed by atoms with E-state index in [2.05, 4.69) is 4.90 Å². The lowest BCUT2D eigenvalue weighted by Gasteiger charge is -2.27. The van der Waals surface area contributed by atoms with Gasteiger partial charge in [0.25, 0.3) is 5.91 Å². The van der Waals surface area contributed by atoms with Gasteiger partial charge >= 0.3 is 0 Å². The van der Waals surface area contributed by atoms with Crippen LogP contribution < -0.4 is 9.64 Å². The van der Waals surface area contributed by atoms with Gasteiger partial charge in [0.15, 0.2) is 10.9 Å². The van der Waals surface area contributed by atoms with Crippen LogP contribution in [0.1, 0.15) is 22.7 Å². The van der Waals surface area contributed by atoms with E-state index >= 15 is 0 Å². The zero-order chi connectivity index (χ0) is 21.6. The molecule has 3 aromatic rings. The van der Waals surface area contributed by atoms with Crippen LogP contribution in [-0.4, -0.2) is 62.3 Å². The summed E-state index contributed by atoms with van der Waals surface area (Å²) in [5.41, 5.74) is 1.82. The van der Waals surface area contributed by atoms with E-state index in [9.17, 15) is 4.79 Å². The van der Waals surface area contributed by atoms with Gasteiger partial charge in [0.1, 0.15) is 11.5 Å². The molecule has 1 fully saturated rings. The van der Waals surface area contributed by atoms with Crippen molar-refractivity contribution in [1.29, 1.82) is 0 Å². The van der Waals surface area contributed by atoms with Crippen molar-refractivity contribution < 1.29 is 18.7 Å². The van der Waals surface area contributed by atoms with Crippen LogP contribution in [0.3, 0.4) is 0 Å². The average molecular weight is 442 g/mol. The maximum Gasteiger partial charge on any atom is 0.295 e. The molecule has 0 aliphatic carbocycles. The molecule has 1 aliphatic rings. The van der Waals surface area contributed by atoms with Crippen molar-refractivity contribution in [3.05, 3.63) is 53.3 Å². The summed E-state index contributed by atoms with van der Waals surface area (Å²) in [6.45, 7) is 6.74. The van der Waals surface area contributed by atoms with Crippen molar-refractivity contribution >= 4 is 22.4 Å². The van der Waals surface area contributed by atoms with Gasteiger partial charge in [-0.2, -0.15) is 0 Å². The number of nitrogens with zero attached hydrogens (tertiary/aromatic N) is 3. The molecule has 8 heteroatoms.